The van der Waals surface area contributed by atoms with Gasteiger partial charge in [0.1, 0.15) is 12.1 Å². The average Bonchev–Trinajstić information content (AvgIpc) is 3.05. The van der Waals surface area contributed by atoms with Crippen LogP contribution in [0.25, 0.3) is 5.82 Å². The highest BCUT2D eigenvalue weighted by molar-refractivity contribution is 7.92. The second-order valence-corrected chi connectivity index (χ2v) is 9.36. The Balaban J connectivity index is 1.67. The molecule has 128 valence electrons. The highest BCUT2D eigenvalue weighted by Gasteiger charge is 2.41. The van der Waals surface area contributed by atoms with Crippen LogP contribution < -0.4 is 5.32 Å². The summed E-state index contributed by atoms with van der Waals surface area (Å²) in [6, 6.07) is 3.29. The first-order valence-corrected chi connectivity index (χ1v) is 9.41. The van der Waals surface area contributed by atoms with Crippen molar-refractivity contribution in [1.29, 1.82) is 0 Å². The van der Waals surface area contributed by atoms with Gasteiger partial charge in [-0.3, -0.25) is 9.36 Å². The number of carbonyl (C=O) groups is 1. The zero-order valence-electron chi connectivity index (χ0n) is 13.6. The number of nitrogens with zero attached hydrogens (tertiary/aromatic N) is 3. The van der Waals surface area contributed by atoms with E-state index in [9.17, 15) is 13.2 Å². The molecule has 1 unspecified atom stereocenters. The van der Waals surface area contributed by atoms with Gasteiger partial charge in [0.05, 0.1) is 16.1 Å². The Kier molecular flexibility index (Phi) is 4.16. The molecule has 0 saturated carbocycles. The summed E-state index contributed by atoms with van der Waals surface area (Å²) in [5.74, 6) is 0.539. The summed E-state index contributed by atoms with van der Waals surface area (Å²) < 4.78 is 25.0. The molecule has 0 bridgehead atoms. The minimum atomic E-state index is -3.10. The van der Waals surface area contributed by atoms with E-state index in [1.807, 2.05) is 0 Å². The predicted molar refractivity (Wildman–Crippen MR) is 89.7 cm³/mol. The van der Waals surface area contributed by atoms with Gasteiger partial charge in [-0.2, -0.15) is 0 Å². The van der Waals surface area contributed by atoms with E-state index in [4.69, 9.17) is 0 Å². The SMILES string of the molecule is CC1(C)CC(NC(=O)c2ccc(-n3ccnc3)nc2)CCS1(=O)=O. The quantitative estimate of drug-likeness (QED) is 0.904. The van der Waals surface area contributed by atoms with E-state index >= 15 is 0 Å². The van der Waals surface area contributed by atoms with Gasteiger partial charge >= 0.3 is 0 Å². The number of hydrogen-bond acceptors (Lipinski definition) is 5. The number of aromatic nitrogens is 3. The van der Waals surface area contributed by atoms with Crippen molar-refractivity contribution in [2.45, 2.75) is 37.5 Å². The molecule has 0 aromatic carbocycles. The molecule has 0 radical (unpaired) electrons. The van der Waals surface area contributed by atoms with Crippen LogP contribution in [0.5, 0.6) is 0 Å². The van der Waals surface area contributed by atoms with Crippen LogP contribution in [0.3, 0.4) is 0 Å². The van der Waals surface area contributed by atoms with Crippen LogP contribution in [0.4, 0.5) is 0 Å². The number of amides is 1. The first-order valence-electron chi connectivity index (χ1n) is 7.76. The van der Waals surface area contributed by atoms with E-state index in [1.54, 1.807) is 49.3 Å². The van der Waals surface area contributed by atoms with Crippen molar-refractivity contribution in [3.63, 3.8) is 0 Å². The van der Waals surface area contributed by atoms with Gasteiger partial charge in [0, 0.05) is 24.6 Å². The van der Waals surface area contributed by atoms with Crippen LogP contribution in [0.1, 0.15) is 37.0 Å². The van der Waals surface area contributed by atoms with Crippen molar-refractivity contribution in [3.8, 4) is 5.82 Å². The summed E-state index contributed by atoms with van der Waals surface area (Å²) in [7, 11) is -3.10. The average molecular weight is 348 g/mol. The largest absolute Gasteiger partial charge is 0.349 e. The Morgan fingerprint density at radius 3 is 2.75 bits per heavy atom. The fourth-order valence-electron chi connectivity index (χ4n) is 2.86. The van der Waals surface area contributed by atoms with Crippen LogP contribution >= 0.6 is 0 Å². The van der Waals surface area contributed by atoms with Crippen LogP contribution in [0.15, 0.2) is 37.1 Å². The molecule has 1 aliphatic heterocycles. The number of rotatable bonds is 3. The minimum Gasteiger partial charge on any atom is -0.349 e. The van der Waals surface area contributed by atoms with Gasteiger partial charge in [0.15, 0.2) is 9.84 Å². The predicted octanol–water partition coefficient (Wildman–Crippen LogP) is 1.35. The molecule has 8 heteroatoms. The van der Waals surface area contributed by atoms with Gasteiger partial charge in [-0.15, -0.1) is 0 Å². The van der Waals surface area contributed by atoms with Crippen molar-refractivity contribution in [1.82, 2.24) is 19.9 Å². The van der Waals surface area contributed by atoms with Crippen molar-refractivity contribution >= 4 is 15.7 Å². The standard InChI is InChI=1S/C16H20N4O3S/c1-16(2)9-13(5-8-24(16,22)23)19-15(21)12-3-4-14(18-10-12)20-7-6-17-11-20/h3-4,6-7,10-11,13H,5,8-9H2,1-2H3,(H,19,21). The van der Waals surface area contributed by atoms with E-state index < -0.39 is 14.6 Å². The van der Waals surface area contributed by atoms with E-state index in [2.05, 4.69) is 15.3 Å². The number of nitrogens with one attached hydrogen (secondary N) is 1. The highest BCUT2D eigenvalue weighted by atomic mass is 32.2. The van der Waals surface area contributed by atoms with E-state index in [0.717, 1.165) is 0 Å². The smallest absolute Gasteiger partial charge is 0.253 e. The van der Waals surface area contributed by atoms with Gasteiger partial charge in [-0.05, 0) is 38.8 Å². The van der Waals surface area contributed by atoms with Crippen molar-refractivity contribution < 1.29 is 13.2 Å². The van der Waals surface area contributed by atoms with Gasteiger partial charge in [0.2, 0.25) is 0 Å². The molecule has 24 heavy (non-hydrogen) atoms. The lowest BCUT2D eigenvalue weighted by Gasteiger charge is -2.35. The maximum absolute atomic E-state index is 12.4. The van der Waals surface area contributed by atoms with Crippen molar-refractivity contribution in [2.75, 3.05) is 5.75 Å². The first kappa shape index (κ1) is 16.6. The third-order valence-corrected chi connectivity index (χ3v) is 7.05. The molecule has 0 aliphatic carbocycles. The van der Waals surface area contributed by atoms with Gasteiger partial charge in [0.25, 0.3) is 5.91 Å². The summed E-state index contributed by atoms with van der Waals surface area (Å²) in [5, 5.41) is 2.92. The molecule has 2 aromatic heterocycles. The molecule has 1 atom stereocenters. The van der Waals surface area contributed by atoms with E-state index in [0.29, 0.717) is 24.2 Å². The maximum atomic E-state index is 12.4. The molecule has 1 fully saturated rings. The Bertz CT molecular complexity index is 827. The van der Waals surface area contributed by atoms with Crippen LogP contribution in [-0.2, 0) is 9.84 Å². The highest BCUT2D eigenvalue weighted by Crippen LogP contribution is 2.30. The monoisotopic (exact) mass is 348 g/mol. The fraction of sp³-hybridized carbons (Fsp3) is 0.438. The lowest BCUT2D eigenvalue weighted by Crippen LogP contribution is -2.49. The number of pyridine rings is 1. The molecular formula is C16H20N4O3S. The fourth-order valence-corrected chi connectivity index (χ4v) is 4.46. The number of hydrogen-bond donors (Lipinski definition) is 1. The second-order valence-electron chi connectivity index (χ2n) is 6.62. The lowest BCUT2D eigenvalue weighted by molar-refractivity contribution is 0.0930. The van der Waals surface area contributed by atoms with Gasteiger partial charge < -0.3 is 5.32 Å². The molecule has 3 rings (SSSR count). The van der Waals surface area contributed by atoms with Gasteiger partial charge in [-0.1, -0.05) is 0 Å². The zero-order valence-corrected chi connectivity index (χ0v) is 14.5. The molecule has 1 aliphatic rings. The van der Waals surface area contributed by atoms with Crippen molar-refractivity contribution in [3.05, 3.63) is 42.6 Å². The summed E-state index contributed by atoms with van der Waals surface area (Å²) in [4.78, 5) is 20.6. The van der Waals surface area contributed by atoms with E-state index in [-0.39, 0.29) is 17.7 Å². The summed E-state index contributed by atoms with van der Waals surface area (Å²) in [6.07, 6.45) is 7.43. The Morgan fingerprint density at radius 2 is 2.17 bits per heavy atom. The van der Waals surface area contributed by atoms with Crippen LogP contribution in [0, 0.1) is 0 Å². The molecule has 1 N–H and O–H groups in total. The summed E-state index contributed by atoms with van der Waals surface area (Å²) in [6.45, 7) is 3.42. The molecule has 1 saturated heterocycles. The number of sulfone groups is 1. The maximum Gasteiger partial charge on any atom is 0.253 e. The summed E-state index contributed by atoms with van der Waals surface area (Å²) in [5.41, 5.74) is 0.449. The molecular weight excluding hydrogens is 328 g/mol. The second kappa shape index (κ2) is 6.01. The Morgan fingerprint density at radius 1 is 1.38 bits per heavy atom. The molecule has 3 heterocycles. The number of imidazole rings is 1. The van der Waals surface area contributed by atoms with Crippen LogP contribution in [0.2, 0.25) is 0 Å². The van der Waals surface area contributed by atoms with Crippen LogP contribution in [-0.4, -0.2) is 45.4 Å². The van der Waals surface area contributed by atoms with Crippen molar-refractivity contribution in [2.24, 2.45) is 0 Å². The molecule has 2 aromatic rings. The van der Waals surface area contributed by atoms with Gasteiger partial charge in [-0.25, -0.2) is 18.4 Å². The van der Waals surface area contributed by atoms with E-state index in [1.165, 1.54) is 6.20 Å². The topological polar surface area (TPSA) is 93.9 Å². The third kappa shape index (κ3) is 3.19. The number of carbonyl (C=O) groups excluding carboxylic acids is 1. The first-order chi connectivity index (χ1) is 11.3. The normalized spacial score (nSPS) is 22.0. The Labute approximate surface area is 141 Å². The Hall–Kier alpha value is -2.22. The zero-order chi connectivity index (χ0) is 17.4. The summed E-state index contributed by atoms with van der Waals surface area (Å²) >= 11 is 0. The lowest BCUT2D eigenvalue weighted by atomic mass is 9.99. The minimum absolute atomic E-state index is 0.1000. The molecule has 1 amide bonds. The molecule has 0 spiro atoms. The third-order valence-electron chi connectivity index (χ3n) is 4.43. The molecule has 7 nitrogen and oxygen atoms in total.